The molecule has 0 bridgehead atoms. The highest BCUT2D eigenvalue weighted by Gasteiger charge is 2.06. The molecule has 0 spiro atoms. The molecule has 1 aromatic heterocycles. The van der Waals surface area contributed by atoms with E-state index in [9.17, 15) is 0 Å². The third-order valence-electron chi connectivity index (χ3n) is 2.46. The van der Waals surface area contributed by atoms with Crippen LogP contribution in [0.3, 0.4) is 0 Å². The molecule has 0 aliphatic heterocycles. The molecule has 2 aromatic rings. The lowest BCUT2D eigenvalue weighted by Gasteiger charge is -2.10. The van der Waals surface area contributed by atoms with Crippen molar-refractivity contribution >= 4 is 15.9 Å². The number of hydrogen-bond acceptors (Lipinski definition) is 4. The fourth-order valence-corrected chi connectivity index (χ4v) is 1.97. The summed E-state index contributed by atoms with van der Waals surface area (Å²) in [7, 11) is 0. The molecule has 19 heavy (non-hydrogen) atoms. The van der Waals surface area contributed by atoms with Crippen LogP contribution in [0, 0.1) is 0 Å². The molecule has 0 atom stereocenters. The second-order valence-corrected chi connectivity index (χ2v) is 4.74. The molecular weight excluding hydrogens is 308 g/mol. The molecule has 1 heterocycles. The Labute approximate surface area is 120 Å². The average Bonchev–Trinajstić information content (AvgIpc) is 2.43. The lowest BCUT2D eigenvalue weighted by molar-refractivity contribution is 0.339. The van der Waals surface area contributed by atoms with Crippen molar-refractivity contribution in [3.8, 4) is 17.4 Å². The number of ether oxygens (including phenoxy) is 2. The Balaban J connectivity index is 2.16. The molecule has 0 unspecified atom stereocenters. The van der Waals surface area contributed by atoms with Gasteiger partial charge in [0.2, 0.25) is 5.88 Å². The van der Waals surface area contributed by atoms with Gasteiger partial charge in [-0.1, -0.05) is 0 Å². The number of benzene rings is 1. The number of rotatable bonds is 5. The first-order chi connectivity index (χ1) is 9.22. The smallest absolute Gasteiger partial charge is 0.223 e. The first kappa shape index (κ1) is 13.8. The molecule has 0 fully saturated rings. The third-order valence-corrected chi connectivity index (χ3v) is 2.89. The Hall–Kier alpha value is -1.59. The first-order valence-corrected chi connectivity index (χ1v) is 6.77. The van der Waals surface area contributed by atoms with Gasteiger partial charge in [-0.05, 0) is 53.2 Å². The molecule has 0 amide bonds. The Morgan fingerprint density at radius 1 is 1.21 bits per heavy atom. The van der Waals surface area contributed by atoms with E-state index in [1.165, 1.54) is 0 Å². The maximum absolute atomic E-state index is 5.72. The van der Waals surface area contributed by atoms with Gasteiger partial charge in [-0.3, -0.25) is 0 Å². The first-order valence-electron chi connectivity index (χ1n) is 5.98. The summed E-state index contributed by atoms with van der Waals surface area (Å²) >= 11 is 3.36. The van der Waals surface area contributed by atoms with E-state index in [0.717, 1.165) is 15.8 Å². The van der Waals surface area contributed by atoms with Gasteiger partial charge < -0.3 is 15.2 Å². The Kier molecular flexibility index (Phi) is 4.76. The van der Waals surface area contributed by atoms with Crippen molar-refractivity contribution in [2.45, 2.75) is 13.5 Å². The number of pyridine rings is 1. The molecule has 0 radical (unpaired) electrons. The van der Waals surface area contributed by atoms with Crippen molar-refractivity contribution in [2.75, 3.05) is 6.61 Å². The van der Waals surface area contributed by atoms with E-state index < -0.39 is 0 Å². The monoisotopic (exact) mass is 322 g/mol. The second kappa shape index (κ2) is 6.54. The highest BCUT2D eigenvalue weighted by Crippen LogP contribution is 2.26. The molecule has 2 N–H and O–H groups in total. The Morgan fingerprint density at radius 3 is 2.53 bits per heavy atom. The van der Waals surface area contributed by atoms with Gasteiger partial charge >= 0.3 is 0 Å². The molecule has 0 aliphatic carbocycles. The van der Waals surface area contributed by atoms with E-state index in [1.54, 1.807) is 6.20 Å². The van der Waals surface area contributed by atoms with Gasteiger partial charge in [0, 0.05) is 22.8 Å². The van der Waals surface area contributed by atoms with Crippen LogP contribution in [0.25, 0.3) is 0 Å². The van der Waals surface area contributed by atoms with Crippen molar-refractivity contribution in [1.29, 1.82) is 0 Å². The van der Waals surface area contributed by atoms with Crippen LogP contribution >= 0.6 is 15.9 Å². The van der Waals surface area contributed by atoms with E-state index >= 15 is 0 Å². The van der Waals surface area contributed by atoms with Gasteiger partial charge in [0.25, 0.3) is 0 Å². The number of nitrogens with zero attached hydrogens (tertiary/aromatic N) is 1. The van der Waals surface area contributed by atoms with Gasteiger partial charge in [-0.2, -0.15) is 0 Å². The average molecular weight is 323 g/mol. The number of hydrogen-bond donors (Lipinski definition) is 1. The fourth-order valence-electron chi connectivity index (χ4n) is 1.59. The molecule has 5 heteroatoms. The summed E-state index contributed by atoms with van der Waals surface area (Å²) in [6.45, 7) is 2.97. The van der Waals surface area contributed by atoms with Crippen molar-refractivity contribution in [2.24, 2.45) is 5.73 Å². The summed E-state index contributed by atoms with van der Waals surface area (Å²) in [5.74, 6) is 2.04. The lowest BCUT2D eigenvalue weighted by atomic mass is 10.2. The van der Waals surface area contributed by atoms with Crippen LogP contribution in [0.5, 0.6) is 17.4 Å². The zero-order chi connectivity index (χ0) is 13.7. The normalized spacial score (nSPS) is 10.3. The minimum Gasteiger partial charge on any atom is -0.494 e. The highest BCUT2D eigenvalue weighted by atomic mass is 79.9. The second-order valence-electron chi connectivity index (χ2n) is 3.83. The standard InChI is InChI=1S/C14H15BrN2O2/c1-2-18-12-3-5-13(6-4-12)19-14-10(8-16)7-11(15)9-17-14/h3-7,9H,2,8,16H2,1H3. The fraction of sp³-hybridized carbons (Fsp3) is 0.214. The van der Waals surface area contributed by atoms with E-state index in [2.05, 4.69) is 20.9 Å². The van der Waals surface area contributed by atoms with Crippen LogP contribution in [-0.4, -0.2) is 11.6 Å². The highest BCUT2D eigenvalue weighted by molar-refractivity contribution is 9.10. The molecule has 0 saturated heterocycles. The van der Waals surface area contributed by atoms with E-state index in [4.69, 9.17) is 15.2 Å². The summed E-state index contributed by atoms with van der Waals surface area (Å²) in [6.07, 6.45) is 1.68. The van der Waals surface area contributed by atoms with Crippen LogP contribution in [0.2, 0.25) is 0 Å². The van der Waals surface area contributed by atoms with Crippen LogP contribution in [0.4, 0.5) is 0 Å². The summed E-state index contributed by atoms with van der Waals surface area (Å²) in [5, 5.41) is 0. The number of nitrogens with two attached hydrogens (primary N) is 1. The van der Waals surface area contributed by atoms with Crippen LogP contribution in [-0.2, 0) is 6.54 Å². The summed E-state index contributed by atoms with van der Waals surface area (Å²) in [6, 6.07) is 9.31. The van der Waals surface area contributed by atoms with Gasteiger partial charge in [-0.25, -0.2) is 4.98 Å². The summed E-state index contributed by atoms with van der Waals surface area (Å²) < 4.78 is 12.0. The van der Waals surface area contributed by atoms with Gasteiger partial charge in [0.15, 0.2) is 0 Å². The van der Waals surface area contributed by atoms with E-state index in [0.29, 0.717) is 24.8 Å². The van der Waals surface area contributed by atoms with Gasteiger partial charge in [-0.15, -0.1) is 0 Å². The predicted molar refractivity (Wildman–Crippen MR) is 77.5 cm³/mol. The molecule has 2 rings (SSSR count). The maximum Gasteiger partial charge on any atom is 0.223 e. The van der Waals surface area contributed by atoms with Crippen molar-refractivity contribution in [3.63, 3.8) is 0 Å². The number of aromatic nitrogens is 1. The van der Waals surface area contributed by atoms with Crippen molar-refractivity contribution in [3.05, 3.63) is 46.6 Å². The van der Waals surface area contributed by atoms with Crippen molar-refractivity contribution in [1.82, 2.24) is 4.98 Å². The van der Waals surface area contributed by atoms with Crippen LogP contribution in [0.1, 0.15) is 12.5 Å². The Bertz CT molecular complexity index is 544. The quantitative estimate of drug-likeness (QED) is 0.915. The molecule has 100 valence electrons. The minimum absolute atomic E-state index is 0.374. The molecular formula is C14H15BrN2O2. The summed E-state index contributed by atoms with van der Waals surface area (Å²) in [5.41, 5.74) is 6.53. The largest absolute Gasteiger partial charge is 0.494 e. The van der Waals surface area contributed by atoms with Crippen molar-refractivity contribution < 1.29 is 9.47 Å². The molecule has 4 nitrogen and oxygen atoms in total. The number of halogens is 1. The van der Waals surface area contributed by atoms with Gasteiger partial charge in [0.05, 0.1) is 6.61 Å². The van der Waals surface area contributed by atoms with E-state index in [-0.39, 0.29) is 0 Å². The Morgan fingerprint density at radius 2 is 1.89 bits per heavy atom. The predicted octanol–water partition coefficient (Wildman–Crippen LogP) is 3.49. The SMILES string of the molecule is CCOc1ccc(Oc2ncc(Br)cc2CN)cc1. The topological polar surface area (TPSA) is 57.4 Å². The molecule has 0 aliphatic rings. The lowest BCUT2D eigenvalue weighted by Crippen LogP contribution is -2.01. The van der Waals surface area contributed by atoms with Crippen LogP contribution in [0.15, 0.2) is 41.0 Å². The maximum atomic E-state index is 5.72. The minimum atomic E-state index is 0.374. The zero-order valence-electron chi connectivity index (χ0n) is 10.6. The van der Waals surface area contributed by atoms with Crippen LogP contribution < -0.4 is 15.2 Å². The zero-order valence-corrected chi connectivity index (χ0v) is 12.2. The molecule has 1 aromatic carbocycles. The third kappa shape index (κ3) is 3.68. The summed E-state index contributed by atoms with van der Waals surface area (Å²) in [4.78, 5) is 4.22. The van der Waals surface area contributed by atoms with Gasteiger partial charge in [0.1, 0.15) is 11.5 Å². The molecule has 0 saturated carbocycles. The van der Waals surface area contributed by atoms with E-state index in [1.807, 2.05) is 37.3 Å².